The molecule has 132 valence electrons. The number of rotatable bonds is 7. The summed E-state index contributed by atoms with van der Waals surface area (Å²) in [4.78, 5) is 2.44. The van der Waals surface area contributed by atoms with E-state index in [9.17, 15) is 0 Å². The van der Waals surface area contributed by atoms with Gasteiger partial charge in [0, 0.05) is 26.2 Å². The minimum atomic E-state index is 0.187. The maximum Gasteiger partial charge on any atom is 0.162 e. The first-order valence-corrected chi connectivity index (χ1v) is 8.74. The molecule has 1 aliphatic rings. The molecule has 1 fully saturated rings. The topological polar surface area (TPSA) is 33.7 Å². The summed E-state index contributed by atoms with van der Waals surface area (Å²) in [7, 11) is 1.67. The predicted molar refractivity (Wildman–Crippen MR) is 101 cm³/mol. The second-order valence-corrected chi connectivity index (χ2v) is 6.15. The number of hydrogen-bond acceptors (Lipinski definition) is 4. The number of methoxy groups -OCH3 is 1. The molecule has 0 aromatic heterocycles. The fourth-order valence-corrected chi connectivity index (χ4v) is 3.18. The second-order valence-electron chi connectivity index (χ2n) is 6.15. The zero-order valence-corrected chi connectivity index (χ0v) is 14.8. The van der Waals surface area contributed by atoms with E-state index in [4.69, 9.17) is 9.47 Å². The van der Waals surface area contributed by atoms with Crippen LogP contribution in [0.3, 0.4) is 0 Å². The Hall–Kier alpha value is -2.30. The van der Waals surface area contributed by atoms with Crippen LogP contribution in [0.15, 0.2) is 61.2 Å². The van der Waals surface area contributed by atoms with Crippen molar-refractivity contribution >= 4 is 0 Å². The fraction of sp³-hybridized carbons (Fsp3) is 0.333. The lowest BCUT2D eigenvalue weighted by Crippen LogP contribution is -2.44. The summed E-state index contributed by atoms with van der Waals surface area (Å²) in [5.74, 6) is 1.52. The van der Waals surface area contributed by atoms with Crippen LogP contribution in [0.25, 0.3) is 0 Å². The maximum atomic E-state index is 6.05. The molecule has 2 aromatic carbocycles. The molecule has 0 saturated carbocycles. The van der Waals surface area contributed by atoms with Crippen molar-refractivity contribution in [2.24, 2.45) is 0 Å². The Balaban J connectivity index is 1.79. The summed E-state index contributed by atoms with van der Waals surface area (Å²) in [6.07, 6.45) is 2.01. The van der Waals surface area contributed by atoms with Gasteiger partial charge in [-0.25, -0.2) is 0 Å². The summed E-state index contributed by atoms with van der Waals surface area (Å²) < 4.78 is 11.5. The molecule has 4 nitrogen and oxygen atoms in total. The van der Waals surface area contributed by atoms with Crippen molar-refractivity contribution in [3.8, 4) is 11.5 Å². The molecule has 0 unspecified atom stereocenters. The Labute approximate surface area is 150 Å². The van der Waals surface area contributed by atoms with E-state index in [2.05, 4.69) is 41.1 Å². The predicted octanol–water partition coefficient (Wildman–Crippen LogP) is 3.41. The van der Waals surface area contributed by atoms with Crippen LogP contribution in [-0.2, 0) is 6.61 Å². The van der Waals surface area contributed by atoms with Crippen LogP contribution in [-0.4, -0.2) is 38.2 Å². The van der Waals surface area contributed by atoms with Crippen molar-refractivity contribution in [2.45, 2.75) is 12.6 Å². The number of piperazine rings is 1. The summed E-state index contributed by atoms with van der Waals surface area (Å²) in [5.41, 5.74) is 2.32. The third kappa shape index (κ3) is 4.41. The van der Waals surface area contributed by atoms with Gasteiger partial charge in [0.2, 0.25) is 0 Å². The van der Waals surface area contributed by atoms with Crippen LogP contribution in [0.2, 0.25) is 0 Å². The number of nitrogens with one attached hydrogen (secondary N) is 1. The molecule has 1 saturated heterocycles. The van der Waals surface area contributed by atoms with Gasteiger partial charge in [-0.05, 0) is 23.3 Å². The Morgan fingerprint density at radius 3 is 2.56 bits per heavy atom. The summed E-state index contributed by atoms with van der Waals surface area (Å²) in [6.45, 7) is 8.62. The molecule has 0 radical (unpaired) electrons. The molecular formula is C21H26N2O2. The molecule has 2 aromatic rings. The minimum absolute atomic E-state index is 0.187. The van der Waals surface area contributed by atoms with Crippen LogP contribution in [0.4, 0.5) is 0 Å². The highest BCUT2D eigenvalue weighted by Crippen LogP contribution is 2.33. The summed E-state index contributed by atoms with van der Waals surface area (Å²) >= 11 is 0. The highest BCUT2D eigenvalue weighted by Gasteiger charge is 2.20. The highest BCUT2D eigenvalue weighted by atomic mass is 16.5. The maximum absolute atomic E-state index is 6.05. The van der Waals surface area contributed by atoms with Crippen molar-refractivity contribution in [2.75, 3.05) is 33.3 Å². The van der Waals surface area contributed by atoms with E-state index in [-0.39, 0.29) is 6.04 Å². The normalized spacial score (nSPS) is 16.2. The third-order valence-electron chi connectivity index (χ3n) is 4.53. The molecule has 0 amide bonds. The Bertz CT molecular complexity index is 682. The standard InChI is InChI=1S/C21H26N2O2/c1-3-19(23-13-11-22-12-14-23)18-9-10-20(24-2)21(15-18)25-16-17-7-5-4-6-8-17/h3-10,15,19,22H,1,11-14,16H2,2H3/t19-/m1/s1. The monoisotopic (exact) mass is 338 g/mol. The average Bonchev–Trinajstić information content (AvgIpc) is 2.69. The van der Waals surface area contributed by atoms with Gasteiger partial charge in [0.1, 0.15) is 6.61 Å². The molecule has 0 bridgehead atoms. The van der Waals surface area contributed by atoms with Crippen LogP contribution in [0.1, 0.15) is 17.2 Å². The number of hydrogen-bond donors (Lipinski definition) is 1. The van der Waals surface area contributed by atoms with Crippen LogP contribution in [0.5, 0.6) is 11.5 Å². The highest BCUT2D eigenvalue weighted by molar-refractivity contribution is 5.44. The first kappa shape index (κ1) is 17.5. The SMILES string of the molecule is C=C[C@H](c1ccc(OC)c(OCc2ccccc2)c1)N1CCNCC1. The van der Waals surface area contributed by atoms with E-state index in [1.54, 1.807) is 7.11 Å². The molecule has 4 heteroatoms. The van der Waals surface area contributed by atoms with Crippen LogP contribution >= 0.6 is 0 Å². The van der Waals surface area contributed by atoms with E-state index in [1.165, 1.54) is 5.56 Å². The summed E-state index contributed by atoms with van der Waals surface area (Å²) in [5, 5.41) is 3.39. The molecule has 0 spiro atoms. The van der Waals surface area contributed by atoms with Gasteiger partial charge in [-0.15, -0.1) is 6.58 Å². The smallest absolute Gasteiger partial charge is 0.162 e. The fourth-order valence-electron chi connectivity index (χ4n) is 3.18. The molecule has 1 heterocycles. The quantitative estimate of drug-likeness (QED) is 0.785. The van der Waals surface area contributed by atoms with Crippen LogP contribution < -0.4 is 14.8 Å². The molecule has 1 N–H and O–H groups in total. The molecule has 25 heavy (non-hydrogen) atoms. The lowest BCUT2D eigenvalue weighted by molar-refractivity contribution is 0.202. The molecular weight excluding hydrogens is 312 g/mol. The van der Waals surface area contributed by atoms with Gasteiger partial charge in [0.05, 0.1) is 13.2 Å². The number of benzene rings is 2. The molecule has 1 aliphatic heterocycles. The zero-order chi connectivity index (χ0) is 17.5. The van der Waals surface area contributed by atoms with E-state index in [1.807, 2.05) is 30.3 Å². The van der Waals surface area contributed by atoms with Gasteiger partial charge >= 0.3 is 0 Å². The van der Waals surface area contributed by atoms with E-state index in [0.29, 0.717) is 6.61 Å². The first-order chi connectivity index (χ1) is 12.3. The molecule has 3 rings (SSSR count). The third-order valence-corrected chi connectivity index (χ3v) is 4.53. The van der Waals surface area contributed by atoms with Gasteiger partial charge in [-0.2, -0.15) is 0 Å². The largest absolute Gasteiger partial charge is 0.493 e. The molecule has 0 aliphatic carbocycles. The Kier molecular flexibility index (Phi) is 6.09. The Morgan fingerprint density at radius 2 is 1.88 bits per heavy atom. The lowest BCUT2D eigenvalue weighted by Gasteiger charge is -2.33. The number of ether oxygens (including phenoxy) is 2. The van der Waals surface area contributed by atoms with Crippen molar-refractivity contribution in [1.29, 1.82) is 0 Å². The summed E-state index contributed by atoms with van der Waals surface area (Å²) in [6, 6.07) is 16.5. The van der Waals surface area contributed by atoms with Crippen molar-refractivity contribution < 1.29 is 9.47 Å². The second kappa shape index (κ2) is 8.70. The van der Waals surface area contributed by atoms with Gasteiger partial charge in [-0.1, -0.05) is 42.5 Å². The molecule has 1 atom stereocenters. The Morgan fingerprint density at radius 1 is 1.12 bits per heavy atom. The van der Waals surface area contributed by atoms with E-state index < -0.39 is 0 Å². The van der Waals surface area contributed by atoms with Gasteiger partial charge in [0.25, 0.3) is 0 Å². The average molecular weight is 338 g/mol. The van der Waals surface area contributed by atoms with Gasteiger partial charge in [-0.3, -0.25) is 4.90 Å². The van der Waals surface area contributed by atoms with E-state index in [0.717, 1.165) is 43.2 Å². The zero-order valence-electron chi connectivity index (χ0n) is 14.8. The minimum Gasteiger partial charge on any atom is -0.493 e. The number of nitrogens with zero attached hydrogens (tertiary/aromatic N) is 1. The van der Waals surface area contributed by atoms with Crippen molar-refractivity contribution in [1.82, 2.24) is 10.2 Å². The van der Waals surface area contributed by atoms with Crippen molar-refractivity contribution in [3.63, 3.8) is 0 Å². The van der Waals surface area contributed by atoms with Crippen molar-refractivity contribution in [3.05, 3.63) is 72.3 Å². The first-order valence-electron chi connectivity index (χ1n) is 8.74. The van der Waals surface area contributed by atoms with E-state index >= 15 is 0 Å². The lowest BCUT2D eigenvalue weighted by atomic mass is 10.0. The van der Waals surface area contributed by atoms with Gasteiger partial charge in [0.15, 0.2) is 11.5 Å². The van der Waals surface area contributed by atoms with Gasteiger partial charge < -0.3 is 14.8 Å². The van der Waals surface area contributed by atoms with Crippen LogP contribution in [0, 0.1) is 0 Å².